The lowest BCUT2D eigenvalue weighted by Gasteiger charge is -2.26. The Morgan fingerprint density at radius 1 is 0.825 bits per heavy atom. The van der Waals surface area contributed by atoms with Crippen molar-refractivity contribution in [2.24, 2.45) is 0 Å². The number of hydrogen-bond acceptors (Lipinski definition) is 11. The van der Waals surface area contributed by atoms with Crippen LogP contribution in [0.1, 0.15) is 22.3 Å². The Bertz CT molecular complexity index is 2660. The fraction of sp³-hybridized carbons (Fsp3) is 0.146. The number of methoxy groups -OCH3 is 3. The van der Waals surface area contributed by atoms with Gasteiger partial charge in [-0.3, -0.25) is 5.32 Å². The number of benzene rings is 5. The second kappa shape index (κ2) is 16.5. The summed E-state index contributed by atoms with van der Waals surface area (Å²) >= 11 is 1.14. The lowest BCUT2D eigenvalue weighted by Crippen LogP contribution is -2.31. The average Bonchev–Trinajstić information content (AvgIpc) is 3.87. The first-order chi connectivity index (χ1) is 27.6. The summed E-state index contributed by atoms with van der Waals surface area (Å²) in [7, 11) is 0.167. The number of nitrogens with zero attached hydrogens (tertiary/aromatic N) is 6. The van der Waals surface area contributed by atoms with E-state index in [4.69, 9.17) is 20.6 Å². The smallest absolute Gasteiger partial charge is 0.410 e. The van der Waals surface area contributed by atoms with Crippen molar-refractivity contribution < 1.29 is 32.5 Å². The Labute approximate surface area is 332 Å². The molecule has 0 aliphatic rings. The van der Waals surface area contributed by atoms with Gasteiger partial charge in [-0.1, -0.05) is 71.9 Å². The summed E-state index contributed by atoms with van der Waals surface area (Å²) in [6, 6.07) is 30.3. The number of terminal acetylenes is 1. The van der Waals surface area contributed by atoms with Gasteiger partial charge in [0.15, 0.2) is 11.0 Å². The summed E-state index contributed by atoms with van der Waals surface area (Å²) in [5, 5.41) is 24.7. The molecule has 0 saturated heterocycles. The van der Waals surface area contributed by atoms with Crippen LogP contribution in [0.15, 0.2) is 108 Å². The van der Waals surface area contributed by atoms with Gasteiger partial charge < -0.3 is 19.3 Å². The predicted octanol–water partition coefficient (Wildman–Crippen LogP) is 7.15. The van der Waals surface area contributed by atoms with Crippen molar-refractivity contribution in [1.29, 1.82) is 0 Å². The average molecular weight is 802 g/mol. The third-order valence-electron chi connectivity index (χ3n) is 9.12. The minimum Gasteiger partial charge on any atom is -0.497 e. The molecule has 5 aromatic carbocycles. The summed E-state index contributed by atoms with van der Waals surface area (Å²) in [5.41, 5.74) is 3.79. The largest absolute Gasteiger partial charge is 0.497 e. The molecule has 7 aromatic rings. The van der Waals surface area contributed by atoms with Crippen molar-refractivity contribution in [2.45, 2.75) is 24.5 Å². The monoisotopic (exact) mass is 801 g/mol. The topological polar surface area (TPSA) is 171 Å². The molecule has 1 amide bonds. The van der Waals surface area contributed by atoms with Crippen molar-refractivity contribution in [3.8, 4) is 52.1 Å². The van der Waals surface area contributed by atoms with E-state index < -0.39 is 16.1 Å². The number of carbonyl (C=O) groups is 1. The van der Waals surface area contributed by atoms with Gasteiger partial charge in [0, 0.05) is 24.2 Å². The number of rotatable bonds is 14. The highest BCUT2D eigenvalue weighted by Gasteiger charge is 2.35. The standard InChI is InChI=1S/C41H35N7O7S2/c1-5-29-15-22-33(34-7-6-8-35-37(34)42-40(56-35)43-41(49)50)36(39-44-45-46-48(39)25-28-13-20-32(55-4)21-14-28)38(29)57(51,52)47(23-26-9-16-30(53-2)17-10-26)24-27-11-18-31(54-3)19-12-27/h1,6-22H,23-25H2,2-4H3,(H,42,43)(H,49,50). The van der Waals surface area contributed by atoms with Gasteiger partial charge in [-0.2, -0.15) is 4.31 Å². The van der Waals surface area contributed by atoms with E-state index in [1.54, 1.807) is 100 Å². The fourth-order valence-corrected chi connectivity index (χ4v) is 8.98. The minimum absolute atomic E-state index is 0.0330. The summed E-state index contributed by atoms with van der Waals surface area (Å²) in [5.74, 6) is 4.65. The molecule has 57 heavy (non-hydrogen) atoms. The maximum absolute atomic E-state index is 15.6. The van der Waals surface area contributed by atoms with Crippen molar-refractivity contribution in [3.63, 3.8) is 0 Å². The van der Waals surface area contributed by atoms with Crippen LogP contribution in [0.25, 0.3) is 32.7 Å². The molecule has 2 heterocycles. The van der Waals surface area contributed by atoms with Gasteiger partial charge in [0.05, 0.1) is 43.7 Å². The fourth-order valence-electron chi connectivity index (χ4n) is 6.34. The normalized spacial score (nSPS) is 11.4. The summed E-state index contributed by atoms with van der Waals surface area (Å²) in [6.45, 7) is 0.101. The third-order valence-corrected chi connectivity index (χ3v) is 11.9. The lowest BCUT2D eigenvalue weighted by atomic mass is 9.96. The Hall–Kier alpha value is -6.80. The van der Waals surface area contributed by atoms with E-state index >= 15 is 8.42 Å². The molecule has 288 valence electrons. The predicted molar refractivity (Wildman–Crippen MR) is 216 cm³/mol. The van der Waals surface area contributed by atoms with Gasteiger partial charge in [0.2, 0.25) is 10.0 Å². The number of aromatic nitrogens is 5. The number of tetrazole rings is 1. The van der Waals surface area contributed by atoms with E-state index in [1.165, 1.54) is 8.99 Å². The van der Waals surface area contributed by atoms with Gasteiger partial charge in [0.1, 0.15) is 22.1 Å². The first kappa shape index (κ1) is 38.5. The van der Waals surface area contributed by atoms with Crippen LogP contribution in [0, 0.1) is 12.3 Å². The molecule has 14 nitrogen and oxygen atoms in total. The molecule has 7 rings (SSSR count). The molecule has 0 radical (unpaired) electrons. The van der Waals surface area contributed by atoms with Crippen LogP contribution in [0.4, 0.5) is 9.93 Å². The summed E-state index contributed by atoms with van der Waals surface area (Å²) < 4.78 is 50.8. The highest BCUT2D eigenvalue weighted by atomic mass is 32.2. The van der Waals surface area contributed by atoms with E-state index in [0.717, 1.165) is 16.9 Å². The molecule has 0 aliphatic heterocycles. The quantitative estimate of drug-likeness (QED) is 0.107. The molecule has 0 saturated carbocycles. The SMILES string of the molecule is C#Cc1ccc(-c2cccc3sc(NC(=O)O)nc23)c(-c2nnnn2Cc2ccc(OC)cc2)c1S(=O)(=O)N(Cc1ccc(OC)cc1)Cc1ccc(OC)cc1. The first-order valence-electron chi connectivity index (χ1n) is 17.3. The maximum Gasteiger partial charge on any atom is 0.410 e. The number of nitrogens with one attached hydrogen (secondary N) is 1. The van der Waals surface area contributed by atoms with E-state index in [0.29, 0.717) is 49.7 Å². The zero-order chi connectivity index (χ0) is 40.1. The van der Waals surface area contributed by atoms with Crippen LogP contribution in [-0.4, -0.2) is 70.4 Å². The van der Waals surface area contributed by atoms with Gasteiger partial charge >= 0.3 is 6.09 Å². The van der Waals surface area contributed by atoms with E-state index in [9.17, 15) is 9.90 Å². The first-order valence-corrected chi connectivity index (χ1v) is 19.6. The highest BCUT2D eigenvalue weighted by molar-refractivity contribution is 7.89. The Kier molecular flexibility index (Phi) is 11.1. The number of ether oxygens (including phenoxy) is 3. The molecule has 0 unspecified atom stereocenters. The highest BCUT2D eigenvalue weighted by Crippen LogP contribution is 2.43. The number of anilines is 1. The molecule has 16 heteroatoms. The van der Waals surface area contributed by atoms with Crippen LogP contribution in [0.3, 0.4) is 0 Å². The molecule has 2 aromatic heterocycles. The Morgan fingerprint density at radius 3 is 1.95 bits per heavy atom. The van der Waals surface area contributed by atoms with Crippen molar-refractivity contribution in [2.75, 3.05) is 26.6 Å². The van der Waals surface area contributed by atoms with Crippen molar-refractivity contribution >= 4 is 42.8 Å². The zero-order valence-corrected chi connectivity index (χ0v) is 32.5. The van der Waals surface area contributed by atoms with E-state index in [-0.39, 0.29) is 46.6 Å². The number of fused-ring (bicyclic) bond motifs is 1. The van der Waals surface area contributed by atoms with Crippen molar-refractivity contribution in [3.05, 3.63) is 125 Å². The molecule has 2 N–H and O–H groups in total. The molecule has 0 aliphatic carbocycles. The van der Waals surface area contributed by atoms with E-state index in [2.05, 4.69) is 31.7 Å². The Balaban J connectivity index is 1.47. The van der Waals surface area contributed by atoms with Crippen LogP contribution in [-0.2, 0) is 29.7 Å². The van der Waals surface area contributed by atoms with Crippen LogP contribution in [0.5, 0.6) is 17.2 Å². The summed E-state index contributed by atoms with van der Waals surface area (Å²) in [4.78, 5) is 16.0. The van der Waals surface area contributed by atoms with Crippen LogP contribution < -0.4 is 19.5 Å². The van der Waals surface area contributed by atoms with Crippen LogP contribution >= 0.6 is 11.3 Å². The number of para-hydroxylation sites is 1. The molecule has 0 spiro atoms. The second-order valence-electron chi connectivity index (χ2n) is 12.6. The maximum atomic E-state index is 15.6. The number of carboxylic acid groups (broad SMARTS) is 1. The van der Waals surface area contributed by atoms with Crippen molar-refractivity contribution in [1.82, 2.24) is 29.5 Å². The summed E-state index contributed by atoms with van der Waals surface area (Å²) in [6.07, 6.45) is 4.88. The van der Waals surface area contributed by atoms with Gasteiger partial charge in [0.25, 0.3) is 0 Å². The van der Waals surface area contributed by atoms with Gasteiger partial charge in [-0.05, 0) is 81.2 Å². The molecular weight excluding hydrogens is 767 g/mol. The molecule has 0 fully saturated rings. The number of sulfonamides is 1. The van der Waals surface area contributed by atoms with E-state index in [1.807, 2.05) is 24.3 Å². The minimum atomic E-state index is -4.53. The van der Waals surface area contributed by atoms with Crippen LogP contribution in [0.2, 0.25) is 0 Å². The molecule has 0 atom stereocenters. The number of hydrogen-bond donors (Lipinski definition) is 2. The van der Waals surface area contributed by atoms with Gasteiger partial charge in [-0.25, -0.2) is 22.9 Å². The second-order valence-corrected chi connectivity index (χ2v) is 15.5. The number of amides is 1. The molecule has 0 bridgehead atoms. The third kappa shape index (κ3) is 8.12. The number of thiazole rings is 1. The Morgan fingerprint density at radius 2 is 1.40 bits per heavy atom. The van der Waals surface area contributed by atoms with Gasteiger partial charge in [-0.15, -0.1) is 11.5 Å². The lowest BCUT2D eigenvalue weighted by molar-refractivity contribution is 0.209. The zero-order valence-electron chi connectivity index (χ0n) is 30.9. The molecular formula is C41H35N7O7S2.